The number of aliphatic carboxylic acids is 1. The van der Waals surface area contributed by atoms with Crippen LogP contribution in [-0.2, 0) is 11.0 Å². The topological polar surface area (TPSA) is 64.3 Å². The second-order valence-corrected chi connectivity index (χ2v) is 4.06. The molecular formula is C13H13F3N2O2. The lowest BCUT2D eigenvalue weighted by Crippen LogP contribution is -2.26. The summed E-state index contributed by atoms with van der Waals surface area (Å²) in [7, 11) is 0. The van der Waals surface area contributed by atoms with Crippen molar-refractivity contribution in [2.75, 3.05) is 18.0 Å². The molecule has 0 saturated carbocycles. The van der Waals surface area contributed by atoms with Crippen LogP contribution in [0.25, 0.3) is 0 Å². The first kappa shape index (κ1) is 15.8. The first-order chi connectivity index (χ1) is 9.29. The van der Waals surface area contributed by atoms with E-state index in [1.807, 2.05) is 0 Å². The van der Waals surface area contributed by atoms with Crippen molar-refractivity contribution >= 4 is 11.7 Å². The van der Waals surface area contributed by atoms with Gasteiger partial charge in [-0.15, -0.1) is 0 Å². The lowest BCUT2D eigenvalue weighted by molar-refractivity contribution is -0.138. The molecule has 0 heterocycles. The Morgan fingerprint density at radius 3 is 2.55 bits per heavy atom. The minimum Gasteiger partial charge on any atom is -0.481 e. The molecule has 108 valence electrons. The summed E-state index contributed by atoms with van der Waals surface area (Å²) in [6, 6.07) is 4.87. The molecule has 1 aromatic rings. The standard InChI is InChI=1S/C13H13F3N2O2/c1-2-18(6-5-12(19)20)10-4-3-9(8-17)11(7-10)13(14,15)16/h3-4,7H,2,5-6H2,1H3,(H,19,20). The number of carboxylic acids is 1. The molecule has 0 amide bonds. The largest absolute Gasteiger partial charge is 0.481 e. The fraction of sp³-hybridized carbons (Fsp3) is 0.385. The monoisotopic (exact) mass is 286 g/mol. The first-order valence-electron chi connectivity index (χ1n) is 5.87. The smallest absolute Gasteiger partial charge is 0.417 e. The maximum Gasteiger partial charge on any atom is 0.417 e. The number of nitrogens with zero attached hydrogens (tertiary/aromatic N) is 2. The van der Waals surface area contributed by atoms with Crippen LogP contribution in [0.15, 0.2) is 18.2 Å². The molecule has 0 radical (unpaired) electrons. The Morgan fingerprint density at radius 2 is 2.10 bits per heavy atom. The maximum atomic E-state index is 12.8. The number of carbonyl (C=O) groups is 1. The number of nitriles is 1. The van der Waals surface area contributed by atoms with E-state index in [1.165, 1.54) is 17.0 Å². The summed E-state index contributed by atoms with van der Waals surface area (Å²) in [5.74, 6) is -1.02. The summed E-state index contributed by atoms with van der Waals surface area (Å²) in [6.07, 6.45) is -4.79. The number of rotatable bonds is 5. The van der Waals surface area contributed by atoms with Crippen LogP contribution in [0.1, 0.15) is 24.5 Å². The van der Waals surface area contributed by atoms with Crippen LogP contribution in [-0.4, -0.2) is 24.2 Å². The van der Waals surface area contributed by atoms with Gasteiger partial charge in [-0.1, -0.05) is 0 Å². The van der Waals surface area contributed by atoms with E-state index >= 15 is 0 Å². The van der Waals surface area contributed by atoms with E-state index in [0.29, 0.717) is 6.54 Å². The van der Waals surface area contributed by atoms with E-state index in [2.05, 4.69) is 0 Å². The predicted octanol–water partition coefficient (Wildman–Crippen LogP) is 2.88. The van der Waals surface area contributed by atoms with Crippen molar-refractivity contribution in [1.29, 1.82) is 5.26 Å². The highest BCUT2D eigenvalue weighted by Crippen LogP contribution is 2.34. The van der Waals surface area contributed by atoms with E-state index in [0.717, 1.165) is 12.1 Å². The number of halogens is 3. The number of hydrogen-bond donors (Lipinski definition) is 1. The Balaban J connectivity index is 3.13. The van der Waals surface area contributed by atoms with E-state index in [1.54, 1.807) is 6.92 Å². The van der Waals surface area contributed by atoms with Gasteiger partial charge < -0.3 is 10.0 Å². The van der Waals surface area contributed by atoms with Gasteiger partial charge in [0.1, 0.15) is 0 Å². The molecule has 0 aromatic heterocycles. The normalized spacial score (nSPS) is 10.9. The molecule has 0 aliphatic rings. The van der Waals surface area contributed by atoms with Gasteiger partial charge in [-0.05, 0) is 25.1 Å². The molecule has 0 fully saturated rings. The van der Waals surface area contributed by atoms with E-state index in [4.69, 9.17) is 10.4 Å². The lowest BCUT2D eigenvalue weighted by atomic mass is 10.1. The van der Waals surface area contributed by atoms with Crippen molar-refractivity contribution in [2.24, 2.45) is 0 Å². The SMILES string of the molecule is CCN(CCC(=O)O)c1ccc(C#N)c(C(F)(F)F)c1. The maximum absolute atomic E-state index is 12.8. The average Bonchev–Trinajstić information content (AvgIpc) is 2.38. The summed E-state index contributed by atoms with van der Waals surface area (Å²) in [6.45, 7) is 2.19. The zero-order valence-electron chi connectivity index (χ0n) is 10.7. The highest BCUT2D eigenvalue weighted by Gasteiger charge is 2.34. The molecule has 0 atom stereocenters. The van der Waals surface area contributed by atoms with Crippen LogP contribution < -0.4 is 4.90 Å². The van der Waals surface area contributed by atoms with Crippen molar-refractivity contribution in [3.8, 4) is 6.07 Å². The summed E-state index contributed by atoms with van der Waals surface area (Å²) in [5.41, 5.74) is -1.21. The molecule has 0 spiro atoms. The molecule has 7 heteroatoms. The highest BCUT2D eigenvalue weighted by molar-refractivity contribution is 5.68. The average molecular weight is 286 g/mol. The number of hydrogen-bond acceptors (Lipinski definition) is 3. The zero-order chi connectivity index (χ0) is 15.3. The molecule has 0 aliphatic carbocycles. The fourth-order valence-electron chi connectivity index (χ4n) is 1.76. The third-order valence-corrected chi connectivity index (χ3v) is 2.77. The van der Waals surface area contributed by atoms with Crippen LogP contribution in [0, 0.1) is 11.3 Å². The lowest BCUT2D eigenvalue weighted by Gasteiger charge is -2.23. The Kier molecular flexibility index (Phi) is 4.97. The Bertz CT molecular complexity index is 535. The van der Waals surface area contributed by atoms with Gasteiger partial charge in [0, 0.05) is 18.8 Å². The molecule has 20 heavy (non-hydrogen) atoms. The number of benzene rings is 1. The van der Waals surface area contributed by atoms with Gasteiger partial charge in [0.25, 0.3) is 0 Å². The van der Waals surface area contributed by atoms with Crippen LogP contribution in [0.2, 0.25) is 0 Å². The highest BCUT2D eigenvalue weighted by atomic mass is 19.4. The second kappa shape index (κ2) is 6.28. The van der Waals surface area contributed by atoms with Gasteiger partial charge in [-0.2, -0.15) is 18.4 Å². The van der Waals surface area contributed by atoms with Crippen molar-refractivity contribution in [1.82, 2.24) is 0 Å². The molecule has 0 unspecified atom stereocenters. The van der Waals surface area contributed by atoms with Gasteiger partial charge in [0.15, 0.2) is 0 Å². The number of carboxylic acid groups (broad SMARTS) is 1. The van der Waals surface area contributed by atoms with Gasteiger partial charge in [0.2, 0.25) is 0 Å². The van der Waals surface area contributed by atoms with Crippen LogP contribution in [0.5, 0.6) is 0 Å². The Hall–Kier alpha value is -2.23. The van der Waals surface area contributed by atoms with Crippen molar-refractivity contribution < 1.29 is 23.1 Å². The molecule has 0 saturated heterocycles. The zero-order valence-corrected chi connectivity index (χ0v) is 10.7. The third kappa shape index (κ3) is 3.88. The van der Waals surface area contributed by atoms with Crippen molar-refractivity contribution in [3.05, 3.63) is 29.3 Å². The van der Waals surface area contributed by atoms with E-state index in [-0.39, 0.29) is 18.7 Å². The minimum absolute atomic E-state index is 0.106. The fourth-order valence-corrected chi connectivity index (χ4v) is 1.76. The summed E-state index contributed by atoms with van der Waals surface area (Å²) >= 11 is 0. The van der Waals surface area contributed by atoms with Crippen LogP contribution in [0.4, 0.5) is 18.9 Å². The van der Waals surface area contributed by atoms with Crippen molar-refractivity contribution in [3.63, 3.8) is 0 Å². The quantitative estimate of drug-likeness (QED) is 0.904. The number of anilines is 1. The first-order valence-corrected chi connectivity index (χ1v) is 5.87. The van der Waals surface area contributed by atoms with Gasteiger partial charge in [-0.3, -0.25) is 4.79 Å². The Morgan fingerprint density at radius 1 is 1.45 bits per heavy atom. The van der Waals surface area contributed by atoms with Crippen LogP contribution >= 0.6 is 0 Å². The molecule has 4 nitrogen and oxygen atoms in total. The summed E-state index contributed by atoms with van der Waals surface area (Å²) in [5, 5.41) is 17.3. The van der Waals surface area contributed by atoms with Gasteiger partial charge >= 0.3 is 12.1 Å². The van der Waals surface area contributed by atoms with E-state index in [9.17, 15) is 18.0 Å². The van der Waals surface area contributed by atoms with Gasteiger partial charge in [0.05, 0.1) is 23.6 Å². The number of alkyl halides is 3. The molecule has 0 bridgehead atoms. The second-order valence-electron chi connectivity index (χ2n) is 4.06. The van der Waals surface area contributed by atoms with Gasteiger partial charge in [-0.25, -0.2) is 0 Å². The molecule has 1 aromatic carbocycles. The molecule has 1 rings (SSSR count). The van der Waals surface area contributed by atoms with Crippen molar-refractivity contribution in [2.45, 2.75) is 19.5 Å². The minimum atomic E-state index is -4.62. The van der Waals surface area contributed by atoms with E-state index < -0.39 is 23.3 Å². The Labute approximate surface area is 114 Å². The third-order valence-electron chi connectivity index (χ3n) is 2.77. The molecular weight excluding hydrogens is 273 g/mol. The van der Waals surface area contributed by atoms with Crippen LogP contribution in [0.3, 0.4) is 0 Å². The molecule has 0 aliphatic heterocycles. The molecule has 1 N–H and O–H groups in total. The predicted molar refractivity (Wildman–Crippen MR) is 66.3 cm³/mol. The summed E-state index contributed by atoms with van der Waals surface area (Å²) < 4.78 is 38.5. The summed E-state index contributed by atoms with van der Waals surface area (Å²) in [4.78, 5) is 12.0.